The lowest BCUT2D eigenvalue weighted by Gasteiger charge is -2.30. The van der Waals surface area contributed by atoms with E-state index in [2.05, 4.69) is 50.4 Å². The minimum atomic E-state index is 0. The van der Waals surface area contributed by atoms with Gasteiger partial charge in [0.05, 0.1) is 6.54 Å². The molecular formula is C18H41IN4O. The number of hydrogen-bond donors (Lipinski definition) is 2. The van der Waals surface area contributed by atoms with Crippen LogP contribution in [0.3, 0.4) is 0 Å². The second kappa shape index (κ2) is 17.7. The van der Waals surface area contributed by atoms with E-state index in [1.807, 2.05) is 6.92 Å². The molecule has 0 amide bonds. The number of likely N-dealkylation sites (N-methyl/N-ethyl adjacent to an activating group) is 1. The van der Waals surface area contributed by atoms with Crippen LogP contribution in [0.25, 0.3) is 0 Å². The van der Waals surface area contributed by atoms with E-state index < -0.39 is 0 Å². The summed E-state index contributed by atoms with van der Waals surface area (Å²) in [5.41, 5.74) is 0. The first-order valence-corrected chi connectivity index (χ1v) is 9.36. The second-order valence-electron chi connectivity index (χ2n) is 6.16. The summed E-state index contributed by atoms with van der Waals surface area (Å²) in [6.45, 7) is 13.0. The van der Waals surface area contributed by atoms with Gasteiger partial charge in [-0.25, -0.2) is 0 Å². The van der Waals surface area contributed by atoms with Crippen molar-refractivity contribution >= 4 is 29.9 Å². The second-order valence-corrected chi connectivity index (χ2v) is 6.16. The molecule has 6 heteroatoms. The molecule has 0 aliphatic heterocycles. The Hall–Kier alpha value is -0.0800. The number of guanidine groups is 1. The normalized spacial score (nSPS) is 13.1. The molecule has 146 valence electrons. The fraction of sp³-hybridized carbons (Fsp3) is 0.944. The monoisotopic (exact) mass is 456 g/mol. The predicted molar refractivity (Wildman–Crippen MR) is 117 cm³/mol. The summed E-state index contributed by atoms with van der Waals surface area (Å²) in [4.78, 5) is 7.12. The fourth-order valence-electron chi connectivity index (χ4n) is 2.77. The van der Waals surface area contributed by atoms with E-state index in [0.717, 1.165) is 51.6 Å². The van der Waals surface area contributed by atoms with Gasteiger partial charge < -0.3 is 20.3 Å². The van der Waals surface area contributed by atoms with E-state index in [-0.39, 0.29) is 24.0 Å². The smallest absolute Gasteiger partial charge is 0.191 e. The van der Waals surface area contributed by atoms with Gasteiger partial charge in [-0.2, -0.15) is 0 Å². The summed E-state index contributed by atoms with van der Waals surface area (Å²) >= 11 is 0. The molecule has 0 radical (unpaired) electrons. The van der Waals surface area contributed by atoms with Gasteiger partial charge in [-0.1, -0.05) is 26.7 Å². The van der Waals surface area contributed by atoms with Crippen molar-refractivity contribution in [1.82, 2.24) is 15.5 Å². The highest BCUT2D eigenvalue weighted by Crippen LogP contribution is 2.17. The van der Waals surface area contributed by atoms with Crippen LogP contribution < -0.4 is 10.6 Å². The summed E-state index contributed by atoms with van der Waals surface area (Å²) in [5.74, 6) is 1.63. The van der Waals surface area contributed by atoms with Gasteiger partial charge in [-0.3, -0.25) is 4.99 Å². The van der Waals surface area contributed by atoms with Crippen LogP contribution >= 0.6 is 24.0 Å². The van der Waals surface area contributed by atoms with Gasteiger partial charge in [0.2, 0.25) is 0 Å². The minimum absolute atomic E-state index is 0. The molecule has 1 unspecified atom stereocenters. The average molecular weight is 456 g/mol. The number of aliphatic imine (C=N–C) groups is 1. The lowest BCUT2D eigenvalue weighted by atomic mass is 9.93. The Morgan fingerprint density at radius 3 is 2.21 bits per heavy atom. The van der Waals surface area contributed by atoms with Crippen molar-refractivity contribution in [3.05, 3.63) is 0 Å². The third-order valence-electron chi connectivity index (χ3n) is 4.25. The molecule has 0 aliphatic rings. The van der Waals surface area contributed by atoms with Gasteiger partial charge in [-0.15, -0.1) is 24.0 Å². The molecule has 0 saturated heterocycles. The number of halogens is 1. The molecule has 5 nitrogen and oxygen atoms in total. The van der Waals surface area contributed by atoms with Crippen LogP contribution in [0, 0.1) is 5.92 Å². The highest BCUT2D eigenvalue weighted by Gasteiger charge is 2.20. The summed E-state index contributed by atoms with van der Waals surface area (Å²) < 4.78 is 5.37. The summed E-state index contributed by atoms with van der Waals surface area (Å²) in [5, 5.41) is 6.77. The van der Waals surface area contributed by atoms with Crippen LogP contribution in [-0.4, -0.2) is 63.8 Å². The number of rotatable bonds is 13. The molecule has 0 aliphatic carbocycles. The molecular weight excluding hydrogens is 415 g/mol. The van der Waals surface area contributed by atoms with Crippen molar-refractivity contribution in [1.29, 1.82) is 0 Å². The van der Waals surface area contributed by atoms with Gasteiger partial charge in [0.15, 0.2) is 5.96 Å². The van der Waals surface area contributed by atoms with E-state index in [0.29, 0.717) is 12.0 Å². The van der Waals surface area contributed by atoms with Gasteiger partial charge >= 0.3 is 0 Å². The van der Waals surface area contributed by atoms with Crippen molar-refractivity contribution in [2.45, 2.75) is 59.4 Å². The van der Waals surface area contributed by atoms with Gasteiger partial charge in [0, 0.05) is 32.3 Å². The SMILES string of the molecule is CCNC(=NCC(C(CC)CC)N(C)C)NCCCCOCC.I. The maximum absolute atomic E-state index is 5.37. The van der Waals surface area contributed by atoms with Gasteiger partial charge in [0.25, 0.3) is 0 Å². The van der Waals surface area contributed by atoms with Crippen LogP contribution in [-0.2, 0) is 4.74 Å². The standard InChI is InChI=1S/C18H40N4O.HI/c1-7-16(8-2)17(22(5)6)15-21-18(19-9-3)20-13-11-12-14-23-10-4;/h16-17H,7-15H2,1-6H3,(H2,19,20,21);1H. The molecule has 0 heterocycles. The van der Waals surface area contributed by atoms with Crippen molar-refractivity contribution in [3.8, 4) is 0 Å². The lowest BCUT2D eigenvalue weighted by molar-refractivity contribution is 0.143. The molecule has 0 spiro atoms. The molecule has 0 bridgehead atoms. The van der Waals surface area contributed by atoms with Crippen LogP contribution in [0.2, 0.25) is 0 Å². The molecule has 2 N–H and O–H groups in total. The number of nitrogens with zero attached hydrogens (tertiary/aromatic N) is 2. The minimum Gasteiger partial charge on any atom is -0.382 e. The largest absolute Gasteiger partial charge is 0.382 e. The Morgan fingerprint density at radius 2 is 1.71 bits per heavy atom. The Kier molecular flexibility index (Phi) is 19.3. The number of ether oxygens (including phenoxy) is 1. The van der Waals surface area contributed by atoms with Crippen LogP contribution in [0.4, 0.5) is 0 Å². The molecule has 24 heavy (non-hydrogen) atoms. The third-order valence-corrected chi connectivity index (χ3v) is 4.25. The van der Waals surface area contributed by atoms with Crippen LogP contribution in [0.15, 0.2) is 4.99 Å². The summed E-state index contributed by atoms with van der Waals surface area (Å²) in [6.07, 6.45) is 4.61. The Balaban J connectivity index is 0. The van der Waals surface area contributed by atoms with E-state index in [1.54, 1.807) is 0 Å². The van der Waals surface area contributed by atoms with E-state index >= 15 is 0 Å². The van der Waals surface area contributed by atoms with Gasteiger partial charge in [0.1, 0.15) is 0 Å². The van der Waals surface area contributed by atoms with Crippen molar-refractivity contribution in [2.24, 2.45) is 10.9 Å². The third kappa shape index (κ3) is 12.3. The van der Waals surface area contributed by atoms with Crippen LogP contribution in [0.5, 0.6) is 0 Å². The quantitative estimate of drug-likeness (QED) is 0.193. The van der Waals surface area contributed by atoms with E-state index in [9.17, 15) is 0 Å². The maximum atomic E-state index is 5.37. The highest BCUT2D eigenvalue weighted by molar-refractivity contribution is 14.0. The molecule has 0 fully saturated rings. The highest BCUT2D eigenvalue weighted by atomic mass is 127. The Morgan fingerprint density at radius 1 is 1.04 bits per heavy atom. The van der Waals surface area contributed by atoms with Crippen molar-refractivity contribution in [3.63, 3.8) is 0 Å². The van der Waals surface area contributed by atoms with Gasteiger partial charge in [-0.05, 0) is 46.7 Å². The molecule has 0 aromatic rings. The topological polar surface area (TPSA) is 48.9 Å². The van der Waals surface area contributed by atoms with Crippen molar-refractivity contribution < 1.29 is 4.74 Å². The van der Waals surface area contributed by atoms with Crippen LogP contribution in [0.1, 0.15) is 53.4 Å². The molecule has 0 rings (SSSR count). The zero-order valence-corrected chi connectivity index (χ0v) is 19.1. The number of hydrogen-bond acceptors (Lipinski definition) is 3. The number of unbranched alkanes of at least 4 members (excludes halogenated alkanes) is 1. The molecule has 1 atom stereocenters. The number of nitrogens with one attached hydrogen (secondary N) is 2. The van der Waals surface area contributed by atoms with E-state index in [1.165, 1.54) is 12.8 Å². The molecule has 0 aromatic heterocycles. The maximum Gasteiger partial charge on any atom is 0.191 e. The summed E-state index contributed by atoms with van der Waals surface area (Å²) in [7, 11) is 4.32. The van der Waals surface area contributed by atoms with E-state index in [4.69, 9.17) is 9.73 Å². The first kappa shape index (κ1) is 26.2. The fourth-order valence-corrected chi connectivity index (χ4v) is 2.77. The van der Waals surface area contributed by atoms with Crippen molar-refractivity contribution in [2.75, 3.05) is 46.9 Å². The lowest BCUT2D eigenvalue weighted by Crippen LogP contribution is -2.41. The first-order chi connectivity index (χ1) is 11.1. The zero-order chi connectivity index (χ0) is 17.5. The first-order valence-electron chi connectivity index (χ1n) is 9.36. The molecule has 0 saturated carbocycles. The molecule has 0 aromatic carbocycles. The predicted octanol–water partition coefficient (Wildman–Crippen LogP) is 3.34. The zero-order valence-electron chi connectivity index (χ0n) is 16.7. The summed E-state index contributed by atoms with van der Waals surface area (Å²) in [6, 6.07) is 0.499. The average Bonchev–Trinajstić information content (AvgIpc) is 2.54. The Labute approximate surface area is 167 Å². The Bertz CT molecular complexity index is 297.